The summed E-state index contributed by atoms with van der Waals surface area (Å²) in [4.78, 5) is 11.6. The zero-order valence-corrected chi connectivity index (χ0v) is 12.4. The van der Waals surface area contributed by atoms with Gasteiger partial charge in [0.25, 0.3) is 0 Å². The van der Waals surface area contributed by atoms with E-state index in [1.165, 1.54) is 0 Å². The summed E-state index contributed by atoms with van der Waals surface area (Å²) >= 11 is 0. The number of nitrogens with one attached hydrogen (secondary N) is 1. The minimum absolute atomic E-state index is 0.00666. The molecule has 0 saturated carbocycles. The third-order valence-corrected chi connectivity index (χ3v) is 4.49. The fourth-order valence-electron chi connectivity index (χ4n) is 1.75. The summed E-state index contributed by atoms with van der Waals surface area (Å²) in [7, 11) is -3.01. The van der Waals surface area contributed by atoms with Crippen LogP contribution in [0.3, 0.4) is 0 Å². The van der Waals surface area contributed by atoms with Crippen molar-refractivity contribution in [2.75, 3.05) is 24.6 Å². The van der Waals surface area contributed by atoms with Gasteiger partial charge in [0.05, 0.1) is 5.75 Å². The third kappa shape index (κ3) is 8.47. The average Bonchev–Trinajstić information content (AvgIpc) is 2.27. The Kier molecular flexibility index (Phi) is 8.18. The van der Waals surface area contributed by atoms with Gasteiger partial charge in [0.1, 0.15) is 0 Å². The van der Waals surface area contributed by atoms with Crippen molar-refractivity contribution in [3.05, 3.63) is 0 Å². The van der Waals surface area contributed by atoms with E-state index >= 15 is 0 Å². The summed E-state index contributed by atoms with van der Waals surface area (Å²) in [6.45, 7) is 6.46. The van der Waals surface area contributed by atoms with Crippen molar-refractivity contribution in [2.24, 2.45) is 17.6 Å². The van der Waals surface area contributed by atoms with Crippen molar-refractivity contribution in [1.82, 2.24) is 5.32 Å². The molecule has 0 aliphatic rings. The zero-order chi connectivity index (χ0) is 14.2. The molecule has 3 N–H and O–H groups in total. The molecule has 18 heavy (non-hydrogen) atoms. The highest BCUT2D eigenvalue weighted by atomic mass is 32.2. The van der Waals surface area contributed by atoms with Gasteiger partial charge < -0.3 is 11.1 Å². The maximum Gasteiger partial charge on any atom is 0.220 e. The maximum atomic E-state index is 11.6. The zero-order valence-electron chi connectivity index (χ0n) is 11.6. The first kappa shape index (κ1) is 17.4. The smallest absolute Gasteiger partial charge is 0.220 e. The van der Waals surface area contributed by atoms with Gasteiger partial charge >= 0.3 is 0 Å². The van der Waals surface area contributed by atoms with E-state index < -0.39 is 9.84 Å². The Balaban J connectivity index is 3.96. The topological polar surface area (TPSA) is 89.3 Å². The minimum Gasteiger partial charge on any atom is -0.355 e. The van der Waals surface area contributed by atoms with Crippen molar-refractivity contribution < 1.29 is 13.2 Å². The van der Waals surface area contributed by atoms with Crippen LogP contribution in [0.15, 0.2) is 0 Å². The van der Waals surface area contributed by atoms with E-state index in [0.29, 0.717) is 18.9 Å². The number of sulfone groups is 1. The van der Waals surface area contributed by atoms with Crippen LogP contribution in [-0.2, 0) is 14.6 Å². The summed E-state index contributed by atoms with van der Waals surface area (Å²) in [6, 6.07) is 0. The molecule has 0 aromatic carbocycles. The van der Waals surface area contributed by atoms with Gasteiger partial charge in [-0.3, -0.25) is 4.79 Å². The number of carbonyl (C=O) groups excluding carboxylic acids is 1. The molecule has 0 aromatic heterocycles. The lowest BCUT2D eigenvalue weighted by molar-refractivity contribution is -0.121. The molecule has 0 spiro atoms. The molecule has 108 valence electrons. The van der Waals surface area contributed by atoms with Gasteiger partial charge in [-0.15, -0.1) is 0 Å². The Morgan fingerprint density at radius 1 is 1.33 bits per heavy atom. The Morgan fingerprint density at radius 3 is 2.39 bits per heavy atom. The number of nitrogens with two attached hydrogens (primary N) is 1. The molecule has 0 aromatic rings. The van der Waals surface area contributed by atoms with Gasteiger partial charge in [-0.25, -0.2) is 8.42 Å². The van der Waals surface area contributed by atoms with Crippen molar-refractivity contribution in [2.45, 2.75) is 33.6 Å². The molecular weight excluding hydrogens is 252 g/mol. The molecule has 5 nitrogen and oxygen atoms in total. The molecule has 1 atom stereocenters. The molecule has 0 radical (unpaired) electrons. The fourth-order valence-corrected chi connectivity index (χ4v) is 2.46. The van der Waals surface area contributed by atoms with E-state index in [1.807, 2.05) is 0 Å². The average molecular weight is 278 g/mol. The SMILES string of the molecule is CCS(=O)(=O)CCNC(=O)CC(CN)CC(C)C. The number of hydrogen-bond donors (Lipinski definition) is 2. The Bertz CT molecular complexity index is 339. The largest absolute Gasteiger partial charge is 0.355 e. The quantitative estimate of drug-likeness (QED) is 0.644. The predicted octanol–water partition coefficient (Wildman–Crippen LogP) is 0.548. The van der Waals surface area contributed by atoms with Crippen LogP contribution in [0.2, 0.25) is 0 Å². The lowest BCUT2D eigenvalue weighted by Gasteiger charge is -2.16. The predicted molar refractivity (Wildman–Crippen MR) is 74.0 cm³/mol. The standard InChI is InChI=1S/C12H26N2O3S/c1-4-18(16,17)6-5-14-12(15)8-11(9-13)7-10(2)3/h10-11H,4-9,13H2,1-3H3,(H,14,15). The highest BCUT2D eigenvalue weighted by molar-refractivity contribution is 7.91. The van der Waals surface area contributed by atoms with Crippen molar-refractivity contribution in [1.29, 1.82) is 0 Å². The van der Waals surface area contributed by atoms with Crippen LogP contribution < -0.4 is 11.1 Å². The molecule has 0 rings (SSSR count). The first-order chi connectivity index (χ1) is 8.30. The van der Waals surface area contributed by atoms with E-state index in [0.717, 1.165) is 6.42 Å². The van der Waals surface area contributed by atoms with Crippen LogP contribution in [0.4, 0.5) is 0 Å². The van der Waals surface area contributed by atoms with Gasteiger partial charge in [0.15, 0.2) is 9.84 Å². The summed E-state index contributed by atoms with van der Waals surface area (Å²) in [6.07, 6.45) is 1.29. The van der Waals surface area contributed by atoms with Crippen molar-refractivity contribution in [3.63, 3.8) is 0 Å². The first-order valence-electron chi connectivity index (χ1n) is 6.47. The van der Waals surface area contributed by atoms with Crippen LogP contribution >= 0.6 is 0 Å². The van der Waals surface area contributed by atoms with Gasteiger partial charge in [-0.1, -0.05) is 20.8 Å². The maximum absolute atomic E-state index is 11.6. The first-order valence-corrected chi connectivity index (χ1v) is 8.30. The van der Waals surface area contributed by atoms with E-state index in [-0.39, 0.29) is 29.9 Å². The lowest BCUT2D eigenvalue weighted by atomic mass is 9.94. The molecule has 0 saturated heterocycles. The van der Waals surface area contributed by atoms with E-state index in [9.17, 15) is 13.2 Å². The van der Waals surface area contributed by atoms with Gasteiger partial charge in [0.2, 0.25) is 5.91 Å². The summed E-state index contributed by atoms with van der Waals surface area (Å²) < 4.78 is 22.5. The summed E-state index contributed by atoms with van der Waals surface area (Å²) in [5.74, 6) is 0.686. The molecule has 6 heteroatoms. The molecule has 1 unspecified atom stereocenters. The number of amides is 1. The number of hydrogen-bond acceptors (Lipinski definition) is 4. The van der Waals surface area contributed by atoms with Gasteiger partial charge in [-0.05, 0) is 24.8 Å². The second-order valence-corrected chi connectivity index (χ2v) is 7.49. The fraction of sp³-hybridized carbons (Fsp3) is 0.917. The van der Waals surface area contributed by atoms with Crippen LogP contribution in [0.25, 0.3) is 0 Å². The second kappa shape index (κ2) is 8.48. The second-order valence-electron chi connectivity index (χ2n) is 5.02. The highest BCUT2D eigenvalue weighted by Gasteiger charge is 2.14. The van der Waals surface area contributed by atoms with Crippen LogP contribution in [0, 0.1) is 11.8 Å². The van der Waals surface area contributed by atoms with Crippen LogP contribution in [0.1, 0.15) is 33.6 Å². The van der Waals surface area contributed by atoms with Crippen molar-refractivity contribution in [3.8, 4) is 0 Å². The van der Waals surface area contributed by atoms with E-state index in [2.05, 4.69) is 19.2 Å². The number of rotatable bonds is 9. The van der Waals surface area contributed by atoms with Gasteiger partial charge in [0, 0.05) is 18.7 Å². The Morgan fingerprint density at radius 2 is 1.94 bits per heavy atom. The number of carbonyl (C=O) groups is 1. The summed E-state index contributed by atoms with van der Waals surface area (Å²) in [5.41, 5.74) is 5.61. The molecule has 0 aliphatic heterocycles. The Labute approximate surface area is 110 Å². The monoisotopic (exact) mass is 278 g/mol. The van der Waals surface area contributed by atoms with E-state index in [1.54, 1.807) is 6.92 Å². The molecule has 1 amide bonds. The van der Waals surface area contributed by atoms with Gasteiger partial charge in [-0.2, -0.15) is 0 Å². The minimum atomic E-state index is -3.01. The molecule has 0 heterocycles. The molecule has 0 bridgehead atoms. The lowest BCUT2D eigenvalue weighted by Crippen LogP contribution is -2.32. The molecule has 0 aliphatic carbocycles. The summed E-state index contributed by atoms with van der Waals surface area (Å²) in [5, 5.41) is 2.64. The van der Waals surface area contributed by atoms with Crippen LogP contribution in [0.5, 0.6) is 0 Å². The van der Waals surface area contributed by atoms with Crippen molar-refractivity contribution >= 4 is 15.7 Å². The normalized spacial score (nSPS) is 13.6. The highest BCUT2D eigenvalue weighted by Crippen LogP contribution is 2.13. The van der Waals surface area contributed by atoms with Crippen LogP contribution in [-0.4, -0.2) is 38.9 Å². The van der Waals surface area contributed by atoms with E-state index in [4.69, 9.17) is 5.73 Å². The Hall–Kier alpha value is -0.620. The molecule has 0 fully saturated rings. The third-order valence-electron chi connectivity index (χ3n) is 2.79. The molecular formula is C12H26N2O3S.